The first-order valence-electron chi connectivity index (χ1n) is 8.51. The topological polar surface area (TPSA) is 35.6 Å². The van der Waals surface area contributed by atoms with Gasteiger partial charge in [0.2, 0.25) is 0 Å². The molecule has 1 aromatic carbocycles. The number of piperazine rings is 1. The fourth-order valence-corrected chi connectivity index (χ4v) is 3.34. The van der Waals surface area contributed by atoms with Gasteiger partial charge in [0, 0.05) is 43.2 Å². The van der Waals surface area contributed by atoms with Gasteiger partial charge in [0.25, 0.3) is 5.91 Å². The molecule has 2 rings (SSSR count). The van der Waals surface area contributed by atoms with Crippen LogP contribution in [-0.2, 0) is 0 Å². The monoisotopic (exact) mass is 335 g/mol. The number of nitrogens with one attached hydrogen (secondary N) is 1. The molecule has 0 bridgehead atoms. The summed E-state index contributed by atoms with van der Waals surface area (Å²) in [7, 11) is 0. The number of carbonyl (C=O) groups excluding carboxylic acids is 1. The second kappa shape index (κ2) is 9.30. The summed E-state index contributed by atoms with van der Waals surface area (Å²) in [6.45, 7) is 11.8. The number of hydrogen-bond acceptors (Lipinski definition) is 4. The zero-order chi connectivity index (χ0) is 16.7. The van der Waals surface area contributed by atoms with Crippen LogP contribution in [0.5, 0.6) is 0 Å². The molecule has 0 atom stereocenters. The fraction of sp³-hybridized carbons (Fsp3) is 0.611. The Morgan fingerprint density at radius 1 is 1.22 bits per heavy atom. The molecule has 1 amide bonds. The molecule has 23 heavy (non-hydrogen) atoms. The SMILES string of the molecule is CCN1CCN(CCCNC(=O)c2cc(SC)ccc2C)CC1. The predicted octanol–water partition coefficient (Wildman–Crippen LogP) is 2.47. The summed E-state index contributed by atoms with van der Waals surface area (Å²) in [5.41, 5.74) is 1.84. The highest BCUT2D eigenvalue weighted by molar-refractivity contribution is 7.98. The quantitative estimate of drug-likeness (QED) is 0.613. The largest absolute Gasteiger partial charge is 0.352 e. The van der Waals surface area contributed by atoms with Crippen molar-refractivity contribution in [3.63, 3.8) is 0 Å². The van der Waals surface area contributed by atoms with Gasteiger partial charge >= 0.3 is 0 Å². The molecule has 1 aromatic rings. The van der Waals surface area contributed by atoms with E-state index in [4.69, 9.17) is 0 Å². The molecule has 1 N–H and O–H groups in total. The van der Waals surface area contributed by atoms with Gasteiger partial charge in [0.05, 0.1) is 0 Å². The summed E-state index contributed by atoms with van der Waals surface area (Å²) >= 11 is 1.67. The molecule has 5 heteroatoms. The van der Waals surface area contributed by atoms with E-state index >= 15 is 0 Å². The Morgan fingerprint density at radius 2 is 1.91 bits per heavy atom. The van der Waals surface area contributed by atoms with Crippen LogP contribution in [0, 0.1) is 6.92 Å². The molecule has 1 heterocycles. The predicted molar refractivity (Wildman–Crippen MR) is 98.5 cm³/mol. The van der Waals surface area contributed by atoms with E-state index in [0.29, 0.717) is 0 Å². The first-order valence-corrected chi connectivity index (χ1v) is 9.74. The van der Waals surface area contributed by atoms with Crippen molar-refractivity contribution < 1.29 is 4.79 Å². The highest BCUT2D eigenvalue weighted by atomic mass is 32.2. The maximum atomic E-state index is 12.3. The molecule has 4 nitrogen and oxygen atoms in total. The highest BCUT2D eigenvalue weighted by Gasteiger charge is 2.15. The van der Waals surface area contributed by atoms with Crippen LogP contribution in [0.2, 0.25) is 0 Å². The number of hydrogen-bond donors (Lipinski definition) is 1. The summed E-state index contributed by atoms with van der Waals surface area (Å²) in [6.07, 6.45) is 3.05. The first kappa shape index (κ1) is 18.3. The number of benzene rings is 1. The zero-order valence-electron chi connectivity index (χ0n) is 14.6. The van der Waals surface area contributed by atoms with E-state index in [2.05, 4.69) is 28.1 Å². The van der Waals surface area contributed by atoms with Crippen molar-refractivity contribution in [1.29, 1.82) is 0 Å². The lowest BCUT2D eigenvalue weighted by Crippen LogP contribution is -2.46. The van der Waals surface area contributed by atoms with Crippen LogP contribution in [0.1, 0.15) is 29.3 Å². The molecule has 1 saturated heterocycles. The standard InChI is InChI=1S/C18H29N3OS/c1-4-20-10-12-21(13-11-20)9-5-8-19-18(22)17-14-16(23-3)7-6-15(17)2/h6-7,14H,4-5,8-13H2,1-3H3,(H,19,22). The number of rotatable bonds is 7. The number of aryl methyl sites for hydroxylation is 1. The number of amides is 1. The van der Waals surface area contributed by atoms with Gasteiger partial charge < -0.3 is 15.1 Å². The van der Waals surface area contributed by atoms with Crippen molar-refractivity contribution in [3.8, 4) is 0 Å². The minimum Gasteiger partial charge on any atom is -0.352 e. The molecular formula is C18H29N3OS. The van der Waals surface area contributed by atoms with E-state index in [1.807, 2.05) is 25.3 Å². The smallest absolute Gasteiger partial charge is 0.251 e. The lowest BCUT2D eigenvalue weighted by Gasteiger charge is -2.33. The molecule has 0 radical (unpaired) electrons. The van der Waals surface area contributed by atoms with E-state index in [-0.39, 0.29) is 5.91 Å². The van der Waals surface area contributed by atoms with Gasteiger partial charge in [0.15, 0.2) is 0 Å². The first-order chi connectivity index (χ1) is 11.1. The molecule has 1 aliphatic heterocycles. The summed E-state index contributed by atoms with van der Waals surface area (Å²) in [5.74, 6) is 0.0502. The fourth-order valence-electron chi connectivity index (χ4n) is 2.90. The van der Waals surface area contributed by atoms with Crippen molar-refractivity contribution in [2.75, 3.05) is 52.1 Å². The third-order valence-electron chi connectivity index (χ3n) is 4.54. The Balaban J connectivity index is 1.71. The second-order valence-corrected chi connectivity index (χ2v) is 6.95. The van der Waals surface area contributed by atoms with Gasteiger partial charge in [-0.25, -0.2) is 0 Å². The number of nitrogens with zero attached hydrogens (tertiary/aromatic N) is 2. The Kier molecular flexibility index (Phi) is 7.40. The number of carbonyl (C=O) groups is 1. The Hall–Kier alpha value is -1.04. The third kappa shape index (κ3) is 5.52. The molecule has 1 fully saturated rings. The maximum absolute atomic E-state index is 12.3. The minimum absolute atomic E-state index is 0.0502. The molecular weight excluding hydrogens is 306 g/mol. The molecule has 0 aromatic heterocycles. The van der Waals surface area contributed by atoms with Crippen molar-refractivity contribution in [3.05, 3.63) is 29.3 Å². The summed E-state index contributed by atoms with van der Waals surface area (Å²) in [5, 5.41) is 3.07. The molecule has 128 valence electrons. The normalized spacial score (nSPS) is 16.5. The van der Waals surface area contributed by atoms with Crippen LogP contribution >= 0.6 is 11.8 Å². The summed E-state index contributed by atoms with van der Waals surface area (Å²) < 4.78 is 0. The minimum atomic E-state index is 0.0502. The van der Waals surface area contributed by atoms with Crippen molar-refractivity contribution in [2.24, 2.45) is 0 Å². The molecule has 0 aliphatic carbocycles. The Morgan fingerprint density at radius 3 is 2.57 bits per heavy atom. The van der Waals surface area contributed by atoms with Gasteiger partial charge in [-0.15, -0.1) is 11.8 Å². The van der Waals surface area contributed by atoms with E-state index in [1.54, 1.807) is 11.8 Å². The Labute approximate surface area is 144 Å². The molecule has 0 spiro atoms. The van der Waals surface area contributed by atoms with E-state index in [1.165, 1.54) is 13.1 Å². The maximum Gasteiger partial charge on any atom is 0.251 e. The van der Waals surface area contributed by atoms with E-state index in [0.717, 1.165) is 55.2 Å². The zero-order valence-corrected chi connectivity index (χ0v) is 15.4. The summed E-state index contributed by atoms with van der Waals surface area (Å²) in [6, 6.07) is 6.07. The molecule has 0 saturated carbocycles. The van der Waals surface area contributed by atoms with Crippen LogP contribution in [0.15, 0.2) is 23.1 Å². The average Bonchev–Trinajstić information content (AvgIpc) is 2.59. The lowest BCUT2D eigenvalue weighted by atomic mass is 10.1. The number of likely N-dealkylation sites (N-methyl/N-ethyl adjacent to an activating group) is 1. The van der Waals surface area contributed by atoms with Crippen molar-refractivity contribution in [1.82, 2.24) is 15.1 Å². The van der Waals surface area contributed by atoms with Gasteiger partial charge in [0.1, 0.15) is 0 Å². The lowest BCUT2D eigenvalue weighted by molar-refractivity contribution is 0.0947. The second-order valence-electron chi connectivity index (χ2n) is 6.07. The van der Waals surface area contributed by atoms with Crippen molar-refractivity contribution in [2.45, 2.75) is 25.2 Å². The van der Waals surface area contributed by atoms with Crippen LogP contribution < -0.4 is 5.32 Å². The van der Waals surface area contributed by atoms with Crippen LogP contribution in [0.3, 0.4) is 0 Å². The highest BCUT2D eigenvalue weighted by Crippen LogP contribution is 2.19. The van der Waals surface area contributed by atoms with Crippen molar-refractivity contribution >= 4 is 17.7 Å². The van der Waals surface area contributed by atoms with Crippen LogP contribution in [0.25, 0.3) is 0 Å². The van der Waals surface area contributed by atoms with E-state index < -0.39 is 0 Å². The van der Waals surface area contributed by atoms with Crippen LogP contribution in [0.4, 0.5) is 0 Å². The summed E-state index contributed by atoms with van der Waals surface area (Å²) in [4.78, 5) is 18.4. The van der Waals surface area contributed by atoms with Gasteiger partial charge in [-0.1, -0.05) is 13.0 Å². The van der Waals surface area contributed by atoms with E-state index in [9.17, 15) is 4.79 Å². The molecule has 1 aliphatic rings. The van der Waals surface area contributed by atoms with Gasteiger partial charge in [-0.3, -0.25) is 4.79 Å². The average molecular weight is 336 g/mol. The van der Waals surface area contributed by atoms with Gasteiger partial charge in [-0.2, -0.15) is 0 Å². The number of thioether (sulfide) groups is 1. The van der Waals surface area contributed by atoms with Gasteiger partial charge in [-0.05, 0) is 50.4 Å². The molecule has 0 unspecified atom stereocenters. The third-order valence-corrected chi connectivity index (χ3v) is 5.26. The van der Waals surface area contributed by atoms with Crippen LogP contribution in [-0.4, -0.2) is 67.8 Å². The Bertz CT molecular complexity index is 513.